The Bertz CT molecular complexity index is 805. The number of carboxylic acid groups (broad SMARTS) is 2. The molecule has 0 aliphatic heterocycles. The lowest BCUT2D eigenvalue weighted by Gasteiger charge is -2.06. The number of amidine groups is 1. The summed E-state index contributed by atoms with van der Waals surface area (Å²) < 4.78 is 36.8. The largest absolute Gasteiger partial charge is 0.490 e. The Hall–Kier alpha value is -3.30. The first-order valence-electron chi connectivity index (χ1n) is 6.53. The molecular formula is C15H13F3N2O5. The molecule has 0 aliphatic rings. The summed E-state index contributed by atoms with van der Waals surface area (Å²) in [6.45, 7) is -0.364. The third-order valence-corrected chi connectivity index (χ3v) is 2.73. The van der Waals surface area contributed by atoms with Gasteiger partial charge in [0, 0.05) is 5.56 Å². The van der Waals surface area contributed by atoms with E-state index in [0.29, 0.717) is 11.3 Å². The molecule has 0 amide bonds. The molecule has 10 heteroatoms. The first-order valence-corrected chi connectivity index (χ1v) is 6.53. The highest BCUT2D eigenvalue weighted by Gasteiger charge is 2.38. The highest BCUT2D eigenvalue weighted by molar-refractivity contribution is 5.99. The molecule has 0 aliphatic carbocycles. The van der Waals surface area contributed by atoms with Crippen LogP contribution < -0.4 is 10.5 Å². The van der Waals surface area contributed by atoms with E-state index in [0.717, 1.165) is 10.8 Å². The number of carboxylic acids is 2. The summed E-state index contributed by atoms with van der Waals surface area (Å²) in [4.78, 5) is 19.3. The van der Waals surface area contributed by atoms with Crippen LogP contribution in [0.3, 0.4) is 0 Å². The molecule has 5 N–H and O–H groups in total. The van der Waals surface area contributed by atoms with E-state index in [1.54, 1.807) is 30.3 Å². The van der Waals surface area contributed by atoms with Crippen molar-refractivity contribution in [3.63, 3.8) is 0 Å². The lowest BCUT2D eigenvalue weighted by molar-refractivity contribution is -0.192. The molecule has 0 heterocycles. The van der Waals surface area contributed by atoms with Crippen molar-refractivity contribution in [3.05, 3.63) is 42.0 Å². The van der Waals surface area contributed by atoms with Crippen molar-refractivity contribution >= 4 is 28.5 Å². The summed E-state index contributed by atoms with van der Waals surface area (Å²) in [5.41, 5.74) is 6.06. The topological polar surface area (TPSA) is 134 Å². The van der Waals surface area contributed by atoms with Crippen LogP contribution >= 0.6 is 0 Å². The fourth-order valence-electron chi connectivity index (χ4n) is 1.63. The van der Waals surface area contributed by atoms with Gasteiger partial charge in [-0.1, -0.05) is 18.2 Å². The van der Waals surface area contributed by atoms with Crippen molar-refractivity contribution in [2.24, 2.45) is 5.73 Å². The number of nitrogens with one attached hydrogen (secondary N) is 1. The summed E-state index contributed by atoms with van der Waals surface area (Å²) in [6.07, 6.45) is -5.08. The van der Waals surface area contributed by atoms with E-state index >= 15 is 0 Å². The van der Waals surface area contributed by atoms with E-state index in [9.17, 15) is 18.0 Å². The zero-order valence-electron chi connectivity index (χ0n) is 12.5. The molecule has 0 spiro atoms. The standard InChI is InChI=1S/C13H12N2O3.C2HF3O2/c14-13(15)10-2-1-9-6-11(18-7-12(16)17)4-3-8(9)5-10;3-2(4,5)1(6)7/h1-6H,7H2,(H3,14,15)(H,16,17);(H,6,7). The molecule has 134 valence electrons. The van der Waals surface area contributed by atoms with Crippen molar-refractivity contribution in [1.82, 2.24) is 0 Å². The fourth-order valence-corrected chi connectivity index (χ4v) is 1.63. The van der Waals surface area contributed by atoms with Crippen molar-refractivity contribution in [3.8, 4) is 5.75 Å². The van der Waals surface area contributed by atoms with Crippen LogP contribution in [0.1, 0.15) is 5.56 Å². The highest BCUT2D eigenvalue weighted by atomic mass is 19.4. The van der Waals surface area contributed by atoms with Crippen LogP contribution in [0.4, 0.5) is 13.2 Å². The van der Waals surface area contributed by atoms with E-state index in [-0.39, 0.29) is 12.4 Å². The molecule has 2 rings (SSSR count). The number of halogens is 3. The number of fused-ring (bicyclic) bond motifs is 1. The van der Waals surface area contributed by atoms with Crippen molar-refractivity contribution in [2.45, 2.75) is 6.18 Å². The maximum Gasteiger partial charge on any atom is 0.490 e. The monoisotopic (exact) mass is 358 g/mol. The third-order valence-electron chi connectivity index (χ3n) is 2.73. The van der Waals surface area contributed by atoms with Gasteiger partial charge < -0.3 is 20.7 Å². The van der Waals surface area contributed by atoms with Gasteiger partial charge in [0.05, 0.1) is 0 Å². The number of hydrogen-bond donors (Lipinski definition) is 4. The number of ether oxygens (including phenoxy) is 1. The number of alkyl halides is 3. The number of hydrogen-bond acceptors (Lipinski definition) is 4. The Kier molecular flexibility index (Phi) is 6.31. The highest BCUT2D eigenvalue weighted by Crippen LogP contribution is 2.22. The van der Waals surface area contributed by atoms with Crippen LogP contribution in [0.2, 0.25) is 0 Å². The van der Waals surface area contributed by atoms with Crippen LogP contribution in [-0.4, -0.2) is 40.8 Å². The van der Waals surface area contributed by atoms with Gasteiger partial charge in [-0.05, 0) is 29.0 Å². The summed E-state index contributed by atoms with van der Waals surface area (Å²) in [5.74, 6) is -3.25. The van der Waals surface area contributed by atoms with Gasteiger partial charge in [-0.25, -0.2) is 9.59 Å². The Balaban J connectivity index is 0.000000381. The van der Waals surface area contributed by atoms with Crippen LogP contribution in [0, 0.1) is 5.41 Å². The second-order valence-electron chi connectivity index (χ2n) is 4.62. The summed E-state index contributed by atoms with van der Waals surface area (Å²) in [7, 11) is 0. The Morgan fingerprint density at radius 1 is 1.08 bits per heavy atom. The van der Waals surface area contributed by atoms with Gasteiger partial charge in [0.2, 0.25) is 0 Å². The fraction of sp³-hybridized carbons (Fsp3) is 0.133. The van der Waals surface area contributed by atoms with Crippen LogP contribution in [0.15, 0.2) is 36.4 Å². The maximum atomic E-state index is 10.6. The SMILES string of the molecule is N=C(N)c1ccc2cc(OCC(=O)O)ccc2c1.O=C(O)C(F)(F)F. The lowest BCUT2D eigenvalue weighted by atomic mass is 10.1. The molecule has 0 atom stereocenters. The molecule has 0 radical (unpaired) electrons. The minimum atomic E-state index is -5.08. The van der Waals surface area contributed by atoms with Gasteiger partial charge in [0.25, 0.3) is 0 Å². The van der Waals surface area contributed by atoms with Gasteiger partial charge in [0.15, 0.2) is 6.61 Å². The molecule has 0 saturated carbocycles. The molecule has 2 aromatic rings. The van der Waals surface area contributed by atoms with Gasteiger partial charge in [0.1, 0.15) is 11.6 Å². The zero-order chi connectivity index (χ0) is 19.2. The van der Waals surface area contributed by atoms with E-state index in [1.807, 2.05) is 6.07 Å². The molecule has 2 aromatic carbocycles. The second kappa shape index (κ2) is 7.99. The van der Waals surface area contributed by atoms with E-state index in [4.69, 9.17) is 30.9 Å². The lowest BCUT2D eigenvalue weighted by Crippen LogP contribution is -2.21. The predicted octanol–water partition coefficient (Wildman–Crippen LogP) is 2.22. The zero-order valence-corrected chi connectivity index (χ0v) is 12.5. The first kappa shape index (κ1) is 19.7. The second-order valence-corrected chi connectivity index (χ2v) is 4.62. The molecule has 0 unspecified atom stereocenters. The Morgan fingerprint density at radius 3 is 2.08 bits per heavy atom. The molecule has 0 saturated heterocycles. The average Bonchev–Trinajstić information content (AvgIpc) is 2.51. The predicted molar refractivity (Wildman–Crippen MR) is 81.8 cm³/mol. The van der Waals surface area contributed by atoms with Gasteiger partial charge in [-0.15, -0.1) is 0 Å². The van der Waals surface area contributed by atoms with Crippen LogP contribution in [0.5, 0.6) is 5.75 Å². The number of benzene rings is 2. The van der Waals surface area contributed by atoms with E-state index < -0.39 is 18.1 Å². The Morgan fingerprint density at radius 2 is 1.60 bits per heavy atom. The minimum absolute atomic E-state index is 0.0168. The Labute approximate surface area is 138 Å². The molecule has 0 fully saturated rings. The summed E-state index contributed by atoms with van der Waals surface area (Å²) >= 11 is 0. The minimum Gasteiger partial charge on any atom is -0.482 e. The van der Waals surface area contributed by atoms with Gasteiger partial charge in [-0.2, -0.15) is 13.2 Å². The molecule has 7 nitrogen and oxygen atoms in total. The van der Waals surface area contributed by atoms with Crippen molar-refractivity contribution in [1.29, 1.82) is 5.41 Å². The number of nitrogens with two attached hydrogens (primary N) is 1. The van der Waals surface area contributed by atoms with Crippen molar-refractivity contribution < 1.29 is 37.7 Å². The number of aliphatic carboxylic acids is 2. The molecular weight excluding hydrogens is 345 g/mol. The smallest absolute Gasteiger partial charge is 0.482 e. The maximum absolute atomic E-state index is 10.6. The quantitative estimate of drug-likeness (QED) is 0.489. The third kappa shape index (κ3) is 6.37. The van der Waals surface area contributed by atoms with Crippen LogP contribution in [0.25, 0.3) is 10.8 Å². The van der Waals surface area contributed by atoms with E-state index in [2.05, 4.69) is 0 Å². The van der Waals surface area contributed by atoms with E-state index in [1.165, 1.54) is 0 Å². The number of nitrogen functional groups attached to an aromatic ring is 1. The molecule has 25 heavy (non-hydrogen) atoms. The molecule has 0 aromatic heterocycles. The summed E-state index contributed by atoms with van der Waals surface area (Å²) in [5, 5.41) is 24.8. The van der Waals surface area contributed by atoms with Gasteiger partial charge >= 0.3 is 18.1 Å². The average molecular weight is 358 g/mol. The van der Waals surface area contributed by atoms with Crippen molar-refractivity contribution in [2.75, 3.05) is 6.61 Å². The normalized spacial score (nSPS) is 10.5. The van der Waals surface area contributed by atoms with Gasteiger partial charge in [-0.3, -0.25) is 5.41 Å². The number of rotatable bonds is 4. The summed E-state index contributed by atoms with van der Waals surface area (Å²) in [6, 6.07) is 10.6. The van der Waals surface area contributed by atoms with Crippen LogP contribution in [-0.2, 0) is 9.59 Å². The first-order chi connectivity index (χ1) is 11.5. The molecule has 0 bridgehead atoms. The number of carbonyl (C=O) groups is 2.